The Morgan fingerprint density at radius 2 is 1.88 bits per heavy atom. The zero-order valence-corrected chi connectivity index (χ0v) is 21.0. The second kappa shape index (κ2) is 10.8. The molecule has 33 heavy (non-hydrogen) atoms. The van der Waals surface area contributed by atoms with Gasteiger partial charge in [0.2, 0.25) is 0 Å². The maximum absolute atomic E-state index is 8.23. The van der Waals surface area contributed by atoms with Crippen LogP contribution in [0.4, 0.5) is 0 Å². The summed E-state index contributed by atoms with van der Waals surface area (Å²) in [7, 11) is 0. The molecule has 6 rings (SSSR count). The number of thiophene rings is 1. The van der Waals surface area contributed by atoms with E-state index >= 15 is 0 Å². The monoisotopic (exact) mass is 627 g/mol. The molecule has 4 heteroatoms. The van der Waals surface area contributed by atoms with Gasteiger partial charge in [-0.2, -0.15) is 11.3 Å². The molecule has 2 atom stereocenters. The summed E-state index contributed by atoms with van der Waals surface area (Å²) in [5.74, 6) is 0. The molecular formula is C29H22IrN2S-2. The molecule has 1 aliphatic heterocycles. The van der Waals surface area contributed by atoms with Crippen molar-refractivity contribution >= 4 is 37.2 Å². The molecule has 0 N–H and O–H groups in total. The number of hydrogen-bond acceptors (Lipinski definition) is 3. The normalized spacial score (nSPS) is 19.4. The van der Waals surface area contributed by atoms with Crippen LogP contribution < -0.4 is 0 Å². The molecule has 0 fully saturated rings. The smallest absolute Gasteiger partial charge is 0.0826 e. The summed E-state index contributed by atoms with van der Waals surface area (Å²) in [6.07, 6.45) is -0.447. The Morgan fingerprint density at radius 1 is 1.00 bits per heavy atom. The molecule has 0 spiro atoms. The van der Waals surface area contributed by atoms with Crippen molar-refractivity contribution in [3.8, 4) is 11.3 Å². The van der Waals surface area contributed by atoms with Gasteiger partial charge in [0.25, 0.3) is 0 Å². The van der Waals surface area contributed by atoms with Crippen LogP contribution in [0.5, 0.6) is 0 Å². The largest absolute Gasteiger partial charge is 0.309 e. The summed E-state index contributed by atoms with van der Waals surface area (Å²) in [4.78, 5) is 8.41. The van der Waals surface area contributed by atoms with Gasteiger partial charge in [-0.25, -0.2) is 0 Å². The maximum atomic E-state index is 8.23. The SMILES string of the molecule is Cc1ccnc(-c2[c-]cccc2)c1.[2H]C1=C([2H])C([2H])C([2H])C(c2[c-]ccc3c2sc2ccccc23)=N1.[Ir]. The molecule has 1 aliphatic rings. The fraction of sp³-hybridized carbons (Fsp3) is 0.103. The third kappa shape index (κ3) is 5.20. The molecule has 5 aromatic rings. The third-order valence-electron chi connectivity index (χ3n) is 5.06. The molecule has 0 amide bonds. The van der Waals surface area contributed by atoms with Gasteiger partial charge in [0.05, 0.1) is 2.74 Å². The van der Waals surface area contributed by atoms with Gasteiger partial charge < -0.3 is 9.98 Å². The number of aromatic nitrogens is 1. The van der Waals surface area contributed by atoms with Crippen molar-refractivity contribution in [3.63, 3.8) is 0 Å². The van der Waals surface area contributed by atoms with E-state index in [0.29, 0.717) is 11.3 Å². The molecule has 0 aliphatic carbocycles. The molecule has 2 nitrogen and oxygen atoms in total. The molecule has 2 aromatic heterocycles. The van der Waals surface area contributed by atoms with Crippen LogP contribution in [0.25, 0.3) is 31.4 Å². The van der Waals surface area contributed by atoms with Crippen LogP contribution in [0, 0.1) is 19.1 Å². The first-order valence-electron chi connectivity index (χ1n) is 12.4. The molecular weight excluding hydrogens is 601 g/mol. The van der Waals surface area contributed by atoms with Gasteiger partial charge in [-0.15, -0.1) is 59.7 Å². The van der Waals surface area contributed by atoms with Crippen LogP contribution in [0.15, 0.2) is 96.2 Å². The van der Waals surface area contributed by atoms with Crippen LogP contribution in [0.3, 0.4) is 0 Å². The topological polar surface area (TPSA) is 25.2 Å². The van der Waals surface area contributed by atoms with Gasteiger partial charge in [-0.1, -0.05) is 41.3 Å². The Bertz CT molecular complexity index is 1610. The molecule has 3 heterocycles. The zero-order chi connectivity index (χ0) is 25.2. The standard InChI is InChI=1S/C17H12NS.C12H10N.Ir/c1-2-10-16-12(6-1)13-7-5-8-14(17(13)19-16)15-9-3-4-11-18-15;1-10-7-8-13-12(9-10)11-5-3-2-4-6-11;/h1-2,4-7,10-11H,3,9H2;2-5,7-9H,1H3;/q2*-1;/i3D,4D,9D,11D;;. The van der Waals surface area contributed by atoms with Crippen LogP contribution in [0.1, 0.15) is 29.4 Å². The van der Waals surface area contributed by atoms with Crippen molar-refractivity contribution in [2.45, 2.75) is 19.7 Å². The van der Waals surface area contributed by atoms with Crippen LogP contribution >= 0.6 is 11.3 Å². The Labute approximate surface area is 217 Å². The number of hydrogen-bond donors (Lipinski definition) is 0. The third-order valence-corrected chi connectivity index (χ3v) is 6.26. The van der Waals surface area contributed by atoms with Crippen molar-refractivity contribution in [1.29, 1.82) is 0 Å². The first kappa shape index (κ1) is 18.5. The van der Waals surface area contributed by atoms with Crippen molar-refractivity contribution in [2.24, 2.45) is 4.99 Å². The fourth-order valence-corrected chi connectivity index (χ4v) is 4.75. The van der Waals surface area contributed by atoms with Gasteiger partial charge in [-0.05, 0) is 53.3 Å². The van der Waals surface area contributed by atoms with Crippen molar-refractivity contribution < 1.29 is 25.6 Å². The molecule has 1 radical (unpaired) electrons. The molecule has 0 saturated carbocycles. The van der Waals surface area contributed by atoms with Gasteiger partial charge in [-0.3, -0.25) is 0 Å². The second-order valence-electron chi connectivity index (χ2n) is 7.27. The van der Waals surface area contributed by atoms with Gasteiger partial charge in [0, 0.05) is 39.9 Å². The van der Waals surface area contributed by atoms with Gasteiger partial charge in [0.1, 0.15) is 0 Å². The van der Waals surface area contributed by atoms with E-state index in [1.807, 2.05) is 54.7 Å². The Morgan fingerprint density at radius 3 is 2.73 bits per heavy atom. The van der Waals surface area contributed by atoms with E-state index in [-0.39, 0.29) is 32.3 Å². The van der Waals surface area contributed by atoms with Crippen molar-refractivity contribution in [3.05, 3.63) is 114 Å². The Kier molecular flexibility index (Phi) is 6.06. The first-order valence-corrected chi connectivity index (χ1v) is 11.1. The van der Waals surface area contributed by atoms with E-state index in [0.717, 1.165) is 31.4 Å². The number of allylic oxidation sites excluding steroid dienone is 1. The summed E-state index contributed by atoms with van der Waals surface area (Å²) in [6.45, 7) is 2.06. The van der Waals surface area contributed by atoms with E-state index in [1.165, 1.54) is 5.56 Å². The van der Waals surface area contributed by atoms with E-state index in [2.05, 4.69) is 47.2 Å². The van der Waals surface area contributed by atoms with Crippen LogP contribution in [-0.4, -0.2) is 10.7 Å². The minimum absolute atomic E-state index is 0. The van der Waals surface area contributed by atoms with Crippen molar-refractivity contribution in [2.75, 3.05) is 0 Å². The quantitative estimate of drug-likeness (QED) is 0.184. The van der Waals surface area contributed by atoms with E-state index in [9.17, 15) is 0 Å². The molecule has 3 aromatic carbocycles. The predicted octanol–water partition coefficient (Wildman–Crippen LogP) is 7.81. The average molecular weight is 627 g/mol. The Balaban J connectivity index is 0.000000195. The predicted molar refractivity (Wildman–Crippen MR) is 136 cm³/mol. The van der Waals surface area contributed by atoms with Crippen LogP contribution in [0.2, 0.25) is 0 Å². The summed E-state index contributed by atoms with van der Waals surface area (Å²) in [5, 5.41) is 2.22. The summed E-state index contributed by atoms with van der Waals surface area (Å²) in [6, 6.07) is 29.9. The number of aliphatic imine (C=N–C) groups is 1. The number of benzene rings is 3. The fourth-order valence-electron chi connectivity index (χ4n) is 3.54. The Hall–Kier alpha value is -2.91. The van der Waals surface area contributed by atoms with Gasteiger partial charge >= 0.3 is 0 Å². The second-order valence-corrected chi connectivity index (χ2v) is 8.33. The maximum Gasteiger partial charge on any atom is 0.0826 e. The minimum Gasteiger partial charge on any atom is -0.309 e. The van der Waals surface area contributed by atoms with E-state index < -0.39 is 12.8 Å². The zero-order valence-electron chi connectivity index (χ0n) is 21.8. The first-order chi connectivity index (χ1) is 17.4. The molecule has 165 valence electrons. The molecule has 0 bridgehead atoms. The minimum atomic E-state index is -1.08. The summed E-state index contributed by atoms with van der Waals surface area (Å²) >= 11 is 1.61. The number of pyridine rings is 1. The number of nitrogens with zero attached hydrogens (tertiary/aromatic N) is 2. The van der Waals surface area contributed by atoms with Crippen LogP contribution in [-0.2, 0) is 20.1 Å². The summed E-state index contributed by atoms with van der Waals surface area (Å²) < 4.78 is 33.8. The summed E-state index contributed by atoms with van der Waals surface area (Å²) in [5.41, 5.74) is 4.30. The molecule has 2 unspecified atom stereocenters. The number of aryl methyl sites for hydroxylation is 1. The average Bonchev–Trinajstić information content (AvgIpc) is 3.29. The van der Waals surface area contributed by atoms with E-state index in [1.54, 1.807) is 17.4 Å². The number of rotatable bonds is 2. The van der Waals surface area contributed by atoms with Gasteiger partial charge in [0.15, 0.2) is 0 Å². The molecule has 0 saturated heterocycles. The van der Waals surface area contributed by atoms with E-state index in [4.69, 9.17) is 5.48 Å². The van der Waals surface area contributed by atoms with Crippen molar-refractivity contribution in [1.82, 2.24) is 4.98 Å². The number of fused-ring (bicyclic) bond motifs is 3.